The molecular formula is C18H18N2O2. The zero-order valence-corrected chi connectivity index (χ0v) is 12.2. The molecule has 4 nitrogen and oxygen atoms in total. The molecule has 22 heavy (non-hydrogen) atoms. The lowest BCUT2D eigenvalue weighted by Crippen LogP contribution is -2.12. The summed E-state index contributed by atoms with van der Waals surface area (Å²) in [6.07, 6.45) is 3.16. The minimum absolute atomic E-state index is 0.587. The largest absolute Gasteiger partial charge is 0.489 e. The van der Waals surface area contributed by atoms with E-state index in [1.165, 1.54) is 17.5 Å². The molecule has 0 atom stereocenters. The molecule has 0 saturated carbocycles. The van der Waals surface area contributed by atoms with Crippen LogP contribution in [0.1, 0.15) is 16.9 Å². The minimum Gasteiger partial charge on any atom is -0.489 e. The maximum atomic E-state index is 5.77. The molecule has 0 radical (unpaired) electrons. The summed E-state index contributed by atoms with van der Waals surface area (Å²) in [6.45, 7) is 2.04. The van der Waals surface area contributed by atoms with E-state index in [1.807, 2.05) is 30.3 Å². The number of rotatable bonds is 7. The Morgan fingerprint density at radius 1 is 0.909 bits per heavy atom. The van der Waals surface area contributed by atoms with Crippen LogP contribution in [0.15, 0.2) is 71.6 Å². The van der Waals surface area contributed by atoms with E-state index in [2.05, 4.69) is 34.6 Å². The molecule has 0 amide bonds. The predicted molar refractivity (Wildman–Crippen MR) is 84.3 cm³/mol. The van der Waals surface area contributed by atoms with Gasteiger partial charge in [0.1, 0.15) is 18.1 Å². The SMILES string of the molecule is c1ccc(COc2ccc(CNCc3cnco3)cc2)cc1. The second-order valence-corrected chi connectivity index (χ2v) is 4.99. The Labute approximate surface area is 129 Å². The van der Waals surface area contributed by atoms with E-state index in [0.29, 0.717) is 13.2 Å². The second-order valence-electron chi connectivity index (χ2n) is 4.99. The average molecular weight is 294 g/mol. The Morgan fingerprint density at radius 3 is 2.45 bits per heavy atom. The van der Waals surface area contributed by atoms with Crippen molar-refractivity contribution < 1.29 is 9.15 Å². The first-order chi connectivity index (χ1) is 10.9. The highest BCUT2D eigenvalue weighted by molar-refractivity contribution is 5.27. The lowest BCUT2D eigenvalue weighted by molar-refractivity contribution is 0.306. The summed E-state index contributed by atoms with van der Waals surface area (Å²) >= 11 is 0. The van der Waals surface area contributed by atoms with Gasteiger partial charge in [-0.3, -0.25) is 0 Å². The first-order valence-corrected chi connectivity index (χ1v) is 7.24. The zero-order chi connectivity index (χ0) is 15.0. The van der Waals surface area contributed by atoms with E-state index < -0.39 is 0 Å². The molecule has 0 aliphatic carbocycles. The van der Waals surface area contributed by atoms with Crippen molar-refractivity contribution in [2.24, 2.45) is 0 Å². The number of benzene rings is 2. The molecule has 1 N–H and O–H groups in total. The van der Waals surface area contributed by atoms with Gasteiger partial charge in [0, 0.05) is 6.54 Å². The molecule has 1 heterocycles. The quantitative estimate of drug-likeness (QED) is 0.724. The second kappa shape index (κ2) is 7.43. The lowest BCUT2D eigenvalue weighted by Gasteiger charge is -2.08. The minimum atomic E-state index is 0.587. The Bertz CT molecular complexity index is 664. The third-order valence-corrected chi connectivity index (χ3v) is 3.28. The Morgan fingerprint density at radius 2 is 1.73 bits per heavy atom. The molecule has 4 heteroatoms. The van der Waals surface area contributed by atoms with Crippen LogP contribution in [-0.2, 0) is 19.7 Å². The van der Waals surface area contributed by atoms with E-state index >= 15 is 0 Å². The van der Waals surface area contributed by atoms with Crippen molar-refractivity contribution in [1.82, 2.24) is 10.3 Å². The molecule has 0 aliphatic rings. The van der Waals surface area contributed by atoms with Crippen LogP contribution in [0.3, 0.4) is 0 Å². The van der Waals surface area contributed by atoms with Crippen molar-refractivity contribution in [2.45, 2.75) is 19.7 Å². The molecule has 0 aliphatic heterocycles. The molecule has 112 valence electrons. The van der Waals surface area contributed by atoms with Gasteiger partial charge in [0.05, 0.1) is 12.7 Å². The van der Waals surface area contributed by atoms with Crippen LogP contribution < -0.4 is 10.1 Å². The first-order valence-electron chi connectivity index (χ1n) is 7.24. The van der Waals surface area contributed by atoms with Crippen LogP contribution in [0, 0.1) is 0 Å². The van der Waals surface area contributed by atoms with Gasteiger partial charge in [-0.15, -0.1) is 0 Å². The fourth-order valence-corrected chi connectivity index (χ4v) is 2.10. The molecule has 1 aromatic heterocycles. The predicted octanol–water partition coefficient (Wildman–Crippen LogP) is 3.54. The number of oxazole rings is 1. The molecule has 3 rings (SSSR count). The third kappa shape index (κ3) is 4.20. The topological polar surface area (TPSA) is 47.3 Å². The summed E-state index contributed by atoms with van der Waals surface area (Å²) in [5.41, 5.74) is 2.37. The standard InChI is InChI=1S/C18H18N2O2/c1-2-4-16(5-3-1)13-21-17-8-6-15(7-9-17)10-19-11-18-12-20-14-22-18/h1-9,12,14,19H,10-11,13H2. The summed E-state index contributed by atoms with van der Waals surface area (Å²) < 4.78 is 10.9. The molecule has 0 unspecified atom stereocenters. The monoisotopic (exact) mass is 294 g/mol. The van der Waals surface area contributed by atoms with Crippen molar-refractivity contribution in [3.05, 3.63) is 84.1 Å². The number of hydrogen-bond donors (Lipinski definition) is 1. The van der Waals surface area contributed by atoms with Crippen LogP contribution in [0.25, 0.3) is 0 Å². The zero-order valence-electron chi connectivity index (χ0n) is 12.2. The van der Waals surface area contributed by atoms with E-state index in [4.69, 9.17) is 9.15 Å². The molecule has 2 aromatic carbocycles. The van der Waals surface area contributed by atoms with Gasteiger partial charge in [0.25, 0.3) is 0 Å². The lowest BCUT2D eigenvalue weighted by atomic mass is 10.2. The van der Waals surface area contributed by atoms with Gasteiger partial charge >= 0.3 is 0 Å². The van der Waals surface area contributed by atoms with E-state index in [1.54, 1.807) is 6.20 Å². The first kappa shape index (κ1) is 14.4. The highest BCUT2D eigenvalue weighted by Crippen LogP contribution is 2.14. The number of nitrogens with zero attached hydrogens (tertiary/aromatic N) is 1. The van der Waals surface area contributed by atoms with E-state index in [-0.39, 0.29) is 0 Å². The Kier molecular flexibility index (Phi) is 4.85. The fourth-order valence-electron chi connectivity index (χ4n) is 2.10. The van der Waals surface area contributed by atoms with Crippen LogP contribution in [0.5, 0.6) is 5.75 Å². The summed E-state index contributed by atoms with van der Waals surface area (Å²) in [5.74, 6) is 1.71. The fraction of sp³-hybridized carbons (Fsp3) is 0.167. The highest BCUT2D eigenvalue weighted by Gasteiger charge is 1.99. The van der Waals surface area contributed by atoms with Gasteiger partial charge in [-0.25, -0.2) is 4.98 Å². The van der Waals surface area contributed by atoms with Gasteiger partial charge in [-0.2, -0.15) is 0 Å². The van der Waals surface area contributed by atoms with Crippen molar-refractivity contribution >= 4 is 0 Å². The van der Waals surface area contributed by atoms with E-state index in [9.17, 15) is 0 Å². The summed E-state index contributed by atoms with van der Waals surface area (Å²) in [6, 6.07) is 18.3. The molecular weight excluding hydrogens is 276 g/mol. The normalized spacial score (nSPS) is 10.5. The van der Waals surface area contributed by atoms with E-state index in [0.717, 1.165) is 18.1 Å². The van der Waals surface area contributed by atoms with Crippen molar-refractivity contribution in [3.63, 3.8) is 0 Å². The van der Waals surface area contributed by atoms with Gasteiger partial charge in [-0.05, 0) is 23.3 Å². The Hall–Kier alpha value is -2.59. The van der Waals surface area contributed by atoms with Gasteiger partial charge < -0.3 is 14.5 Å². The Balaban J connectivity index is 1.45. The number of ether oxygens (including phenoxy) is 1. The number of nitrogens with one attached hydrogen (secondary N) is 1. The maximum absolute atomic E-state index is 5.77. The van der Waals surface area contributed by atoms with Crippen LogP contribution >= 0.6 is 0 Å². The van der Waals surface area contributed by atoms with Gasteiger partial charge in [-0.1, -0.05) is 42.5 Å². The van der Waals surface area contributed by atoms with Crippen molar-refractivity contribution in [1.29, 1.82) is 0 Å². The molecule has 0 saturated heterocycles. The summed E-state index contributed by atoms with van der Waals surface area (Å²) in [5, 5.41) is 3.31. The number of aromatic nitrogens is 1. The highest BCUT2D eigenvalue weighted by atomic mass is 16.5. The van der Waals surface area contributed by atoms with Gasteiger partial charge in [0.2, 0.25) is 0 Å². The van der Waals surface area contributed by atoms with Gasteiger partial charge in [0.15, 0.2) is 6.39 Å². The van der Waals surface area contributed by atoms with Crippen LogP contribution in [0.2, 0.25) is 0 Å². The molecule has 0 spiro atoms. The summed E-state index contributed by atoms with van der Waals surface area (Å²) in [7, 11) is 0. The third-order valence-electron chi connectivity index (χ3n) is 3.28. The maximum Gasteiger partial charge on any atom is 0.180 e. The molecule has 0 bridgehead atoms. The van der Waals surface area contributed by atoms with Crippen LogP contribution in [-0.4, -0.2) is 4.98 Å². The van der Waals surface area contributed by atoms with Crippen molar-refractivity contribution in [3.8, 4) is 5.75 Å². The molecule has 0 fully saturated rings. The smallest absolute Gasteiger partial charge is 0.180 e. The summed E-state index contributed by atoms with van der Waals surface area (Å²) in [4.78, 5) is 3.88. The van der Waals surface area contributed by atoms with Crippen LogP contribution in [0.4, 0.5) is 0 Å². The van der Waals surface area contributed by atoms with Crippen molar-refractivity contribution in [2.75, 3.05) is 0 Å². The molecule has 3 aromatic rings. The number of hydrogen-bond acceptors (Lipinski definition) is 4. The average Bonchev–Trinajstić information content (AvgIpc) is 3.08.